The van der Waals surface area contributed by atoms with Crippen LogP contribution in [-0.4, -0.2) is 49.9 Å². The molecule has 0 aliphatic heterocycles. The summed E-state index contributed by atoms with van der Waals surface area (Å²) in [6.07, 6.45) is 0. The standard InChI is InChI=1S/C9H23ClN2Si/c1-5-11(6-2)13(9-10)12(7-3)8-4/h13H,5-9H2,1-4H3. The lowest BCUT2D eigenvalue weighted by Gasteiger charge is -2.35. The Morgan fingerprint density at radius 2 is 1.15 bits per heavy atom. The number of rotatable bonds is 7. The molecule has 0 rings (SSSR count). The molecule has 13 heavy (non-hydrogen) atoms. The number of hydrogen-bond donors (Lipinski definition) is 0. The number of hydrogen-bond acceptors (Lipinski definition) is 2. The molecule has 0 unspecified atom stereocenters. The van der Waals surface area contributed by atoms with E-state index in [1.165, 1.54) is 0 Å². The Kier molecular flexibility index (Phi) is 8.05. The minimum Gasteiger partial charge on any atom is -0.314 e. The van der Waals surface area contributed by atoms with Gasteiger partial charge < -0.3 is 9.13 Å². The minimum atomic E-state index is -1.01. The first kappa shape index (κ1) is 13.4. The summed E-state index contributed by atoms with van der Waals surface area (Å²) in [5.41, 5.74) is 0.837. The molecule has 0 atom stereocenters. The molecule has 0 aliphatic rings. The molecular formula is C9H23ClN2Si. The van der Waals surface area contributed by atoms with Gasteiger partial charge in [-0.2, -0.15) is 0 Å². The highest BCUT2D eigenvalue weighted by molar-refractivity contribution is 6.62. The average Bonchev–Trinajstić information content (AvgIpc) is 2.18. The Balaban J connectivity index is 4.26. The Labute approximate surface area is 89.6 Å². The van der Waals surface area contributed by atoms with Gasteiger partial charge in [0.15, 0.2) is 0 Å². The summed E-state index contributed by atoms with van der Waals surface area (Å²) in [7, 11) is -1.01. The quantitative estimate of drug-likeness (QED) is 0.478. The summed E-state index contributed by atoms with van der Waals surface area (Å²) >= 11 is 6.05. The normalized spacial score (nSPS) is 12.0. The molecule has 0 aliphatic carbocycles. The predicted octanol–water partition coefficient (Wildman–Crippen LogP) is 1.67. The summed E-state index contributed by atoms with van der Waals surface area (Å²) in [6.45, 7) is 13.4. The van der Waals surface area contributed by atoms with E-state index in [9.17, 15) is 0 Å². The molecule has 0 spiro atoms. The molecule has 0 aromatic heterocycles. The highest BCUT2D eigenvalue weighted by Crippen LogP contribution is 2.03. The molecule has 0 saturated heterocycles. The largest absolute Gasteiger partial charge is 0.314 e. The van der Waals surface area contributed by atoms with E-state index in [1.807, 2.05) is 0 Å². The molecule has 0 saturated carbocycles. The van der Waals surface area contributed by atoms with Gasteiger partial charge in [-0.05, 0) is 26.2 Å². The van der Waals surface area contributed by atoms with Crippen LogP contribution in [0.4, 0.5) is 0 Å². The molecular weight excluding hydrogens is 200 g/mol. The summed E-state index contributed by atoms with van der Waals surface area (Å²) in [6, 6.07) is 0. The fraction of sp³-hybridized carbons (Fsp3) is 1.00. The molecule has 0 heterocycles. The van der Waals surface area contributed by atoms with Crippen LogP contribution in [-0.2, 0) is 0 Å². The van der Waals surface area contributed by atoms with Crippen LogP contribution in [0.1, 0.15) is 27.7 Å². The van der Waals surface area contributed by atoms with Crippen molar-refractivity contribution >= 4 is 20.7 Å². The zero-order chi connectivity index (χ0) is 10.3. The minimum absolute atomic E-state index is 0.837. The highest BCUT2D eigenvalue weighted by atomic mass is 35.5. The van der Waals surface area contributed by atoms with Gasteiger partial charge in [0.1, 0.15) is 0 Å². The van der Waals surface area contributed by atoms with Gasteiger partial charge in [0.05, 0.1) is 0 Å². The summed E-state index contributed by atoms with van der Waals surface area (Å²) in [4.78, 5) is 0. The molecule has 0 bridgehead atoms. The van der Waals surface area contributed by atoms with Gasteiger partial charge in [-0.25, -0.2) is 0 Å². The second kappa shape index (κ2) is 7.80. The van der Waals surface area contributed by atoms with E-state index in [2.05, 4.69) is 36.8 Å². The smallest absolute Gasteiger partial charge is 0.205 e. The topological polar surface area (TPSA) is 6.48 Å². The summed E-state index contributed by atoms with van der Waals surface area (Å²) in [5.74, 6) is 0. The van der Waals surface area contributed by atoms with E-state index in [0.29, 0.717) is 0 Å². The van der Waals surface area contributed by atoms with Crippen LogP contribution in [0, 0.1) is 0 Å². The first-order valence-electron chi connectivity index (χ1n) is 5.29. The molecule has 2 nitrogen and oxygen atoms in total. The van der Waals surface area contributed by atoms with Gasteiger partial charge in [-0.1, -0.05) is 27.7 Å². The second-order valence-corrected chi connectivity index (χ2v) is 6.73. The van der Waals surface area contributed by atoms with Crippen LogP contribution >= 0.6 is 11.6 Å². The van der Waals surface area contributed by atoms with Crippen molar-refractivity contribution < 1.29 is 0 Å². The molecule has 0 amide bonds. The van der Waals surface area contributed by atoms with Crippen molar-refractivity contribution in [3.05, 3.63) is 0 Å². The maximum atomic E-state index is 6.05. The lowest BCUT2D eigenvalue weighted by atomic mass is 10.7. The van der Waals surface area contributed by atoms with Crippen molar-refractivity contribution in [1.29, 1.82) is 0 Å². The summed E-state index contributed by atoms with van der Waals surface area (Å²) < 4.78 is 5.08. The highest BCUT2D eigenvalue weighted by Gasteiger charge is 2.22. The molecule has 0 aromatic rings. The van der Waals surface area contributed by atoms with Crippen LogP contribution < -0.4 is 0 Å². The third-order valence-electron chi connectivity index (χ3n) is 2.61. The van der Waals surface area contributed by atoms with E-state index in [1.54, 1.807) is 0 Å². The van der Waals surface area contributed by atoms with Gasteiger partial charge >= 0.3 is 0 Å². The second-order valence-electron chi connectivity index (χ2n) is 3.08. The van der Waals surface area contributed by atoms with E-state index in [4.69, 9.17) is 11.6 Å². The van der Waals surface area contributed by atoms with Crippen molar-refractivity contribution in [3.8, 4) is 0 Å². The third kappa shape index (κ3) is 3.98. The van der Waals surface area contributed by atoms with E-state index < -0.39 is 9.12 Å². The van der Waals surface area contributed by atoms with Crippen LogP contribution in [0.3, 0.4) is 0 Å². The third-order valence-corrected chi connectivity index (χ3v) is 6.86. The molecule has 0 radical (unpaired) electrons. The van der Waals surface area contributed by atoms with Gasteiger partial charge in [-0.15, -0.1) is 11.6 Å². The van der Waals surface area contributed by atoms with Crippen LogP contribution in [0.25, 0.3) is 0 Å². The predicted molar refractivity (Wildman–Crippen MR) is 63.7 cm³/mol. The van der Waals surface area contributed by atoms with Gasteiger partial charge in [0.25, 0.3) is 0 Å². The van der Waals surface area contributed by atoms with Crippen molar-refractivity contribution in [3.63, 3.8) is 0 Å². The molecule has 0 fully saturated rings. The van der Waals surface area contributed by atoms with Gasteiger partial charge in [-0.3, -0.25) is 0 Å². The lowest BCUT2D eigenvalue weighted by Crippen LogP contribution is -2.54. The van der Waals surface area contributed by atoms with Crippen LogP contribution in [0.2, 0.25) is 0 Å². The SMILES string of the molecule is CCN(CC)[SiH](CCl)N(CC)CC. The van der Waals surface area contributed by atoms with Crippen LogP contribution in [0.15, 0.2) is 0 Å². The first-order valence-corrected chi connectivity index (χ1v) is 7.67. The number of nitrogens with zero attached hydrogens (tertiary/aromatic N) is 2. The number of halogens is 1. The van der Waals surface area contributed by atoms with Crippen molar-refractivity contribution in [1.82, 2.24) is 9.13 Å². The van der Waals surface area contributed by atoms with Gasteiger partial charge in [0.2, 0.25) is 9.12 Å². The van der Waals surface area contributed by atoms with E-state index in [0.717, 1.165) is 31.7 Å². The Morgan fingerprint density at radius 3 is 1.31 bits per heavy atom. The maximum absolute atomic E-state index is 6.05. The lowest BCUT2D eigenvalue weighted by molar-refractivity contribution is 0.382. The first-order chi connectivity index (χ1) is 6.24. The maximum Gasteiger partial charge on any atom is 0.205 e. The van der Waals surface area contributed by atoms with Crippen molar-refractivity contribution in [2.24, 2.45) is 0 Å². The molecule has 80 valence electrons. The summed E-state index contributed by atoms with van der Waals surface area (Å²) in [5, 5.41) is 0. The fourth-order valence-corrected chi connectivity index (χ4v) is 5.43. The Hall–Kier alpha value is 0.427. The monoisotopic (exact) mass is 222 g/mol. The van der Waals surface area contributed by atoms with Crippen molar-refractivity contribution in [2.75, 3.05) is 31.7 Å². The fourth-order valence-electron chi connectivity index (χ4n) is 1.72. The molecule has 0 aromatic carbocycles. The Morgan fingerprint density at radius 1 is 0.846 bits per heavy atom. The zero-order valence-corrected chi connectivity index (χ0v) is 11.3. The molecule has 4 heteroatoms. The number of alkyl halides is 1. The average molecular weight is 223 g/mol. The van der Waals surface area contributed by atoms with E-state index in [-0.39, 0.29) is 0 Å². The Bertz CT molecular complexity index is 104. The van der Waals surface area contributed by atoms with Crippen LogP contribution in [0.5, 0.6) is 0 Å². The molecule has 0 N–H and O–H groups in total. The van der Waals surface area contributed by atoms with Gasteiger partial charge in [0, 0.05) is 5.50 Å². The zero-order valence-electron chi connectivity index (χ0n) is 9.39. The van der Waals surface area contributed by atoms with Crippen molar-refractivity contribution in [2.45, 2.75) is 27.7 Å². The van der Waals surface area contributed by atoms with E-state index >= 15 is 0 Å².